The molecule has 2 aromatic heterocycles. The SMILES string of the molecule is Oc1cccc2ccc(C=Cc3ccncc3)nc12. The number of aromatic nitrogens is 2. The minimum atomic E-state index is 0.205. The third-order valence-corrected chi connectivity index (χ3v) is 2.87. The second-order valence-electron chi connectivity index (χ2n) is 4.20. The highest BCUT2D eigenvalue weighted by Gasteiger charge is 2.00. The molecule has 3 aromatic rings. The van der Waals surface area contributed by atoms with Gasteiger partial charge in [-0.3, -0.25) is 4.98 Å². The van der Waals surface area contributed by atoms with E-state index in [0.717, 1.165) is 16.6 Å². The number of para-hydroxylation sites is 1. The Kier molecular flexibility index (Phi) is 2.94. The number of rotatable bonds is 2. The fourth-order valence-corrected chi connectivity index (χ4v) is 1.90. The Morgan fingerprint density at radius 1 is 0.895 bits per heavy atom. The number of phenolic OH excluding ortho intramolecular Hbond substituents is 1. The summed E-state index contributed by atoms with van der Waals surface area (Å²) in [6.45, 7) is 0. The molecule has 1 aromatic carbocycles. The maximum atomic E-state index is 9.79. The van der Waals surface area contributed by atoms with E-state index in [9.17, 15) is 5.11 Å². The van der Waals surface area contributed by atoms with Crippen molar-refractivity contribution in [3.05, 3.63) is 66.1 Å². The van der Waals surface area contributed by atoms with Gasteiger partial charge in [-0.05, 0) is 35.9 Å². The Morgan fingerprint density at radius 2 is 1.74 bits per heavy atom. The zero-order valence-corrected chi connectivity index (χ0v) is 10.2. The van der Waals surface area contributed by atoms with E-state index in [1.807, 2.05) is 48.6 Å². The van der Waals surface area contributed by atoms with E-state index in [4.69, 9.17) is 0 Å². The number of aromatic hydroxyl groups is 1. The number of pyridine rings is 2. The van der Waals surface area contributed by atoms with Gasteiger partial charge in [0.15, 0.2) is 0 Å². The highest BCUT2D eigenvalue weighted by atomic mass is 16.3. The predicted molar refractivity (Wildman–Crippen MR) is 76.6 cm³/mol. The lowest BCUT2D eigenvalue weighted by Crippen LogP contribution is -1.83. The molecule has 0 amide bonds. The first-order valence-corrected chi connectivity index (χ1v) is 6.00. The summed E-state index contributed by atoms with van der Waals surface area (Å²) in [6.07, 6.45) is 7.38. The summed E-state index contributed by atoms with van der Waals surface area (Å²) in [5.41, 5.74) is 2.50. The van der Waals surface area contributed by atoms with Gasteiger partial charge in [-0.2, -0.15) is 0 Å². The molecule has 0 atom stereocenters. The summed E-state index contributed by atoms with van der Waals surface area (Å²) in [6, 6.07) is 13.1. The van der Waals surface area contributed by atoms with Crippen molar-refractivity contribution in [1.82, 2.24) is 9.97 Å². The van der Waals surface area contributed by atoms with Gasteiger partial charge < -0.3 is 5.11 Å². The van der Waals surface area contributed by atoms with Crippen LogP contribution in [0.4, 0.5) is 0 Å². The van der Waals surface area contributed by atoms with Crippen LogP contribution in [0.15, 0.2) is 54.9 Å². The van der Waals surface area contributed by atoms with E-state index < -0.39 is 0 Å². The average Bonchev–Trinajstić information content (AvgIpc) is 2.47. The maximum Gasteiger partial charge on any atom is 0.141 e. The highest BCUT2D eigenvalue weighted by molar-refractivity contribution is 5.85. The normalized spacial score (nSPS) is 11.2. The lowest BCUT2D eigenvalue weighted by Gasteiger charge is -2.01. The van der Waals surface area contributed by atoms with Gasteiger partial charge in [0.05, 0.1) is 5.69 Å². The number of nitrogens with zero attached hydrogens (tertiary/aromatic N) is 2. The van der Waals surface area contributed by atoms with Crippen LogP contribution in [-0.4, -0.2) is 15.1 Å². The van der Waals surface area contributed by atoms with E-state index in [1.54, 1.807) is 18.5 Å². The van der Waals surface area contributed by atoms with Crippen molar-refractivity contribution in [3.8, 4) is 5.75 Å². The molecule has 0 fully saturated rings. The molecule has 0 aliphatic heterocycles. The van der Waals surface area contributed by atoms with Gasteiger partial charge in [-0.25, -0.2) is 4.98 Å². The van der Waals surface area contributed by atoms with Crippen molar-refractivity contribution in [2.45, 2.75) is 0 Å². The highest BCUT2D eigenvalue weighted by Crippen LogP contribution is 2.22. The Morgan fingerprint density at radius 3 is 2.58 bits per heavy atom. The number of hydrogen-bond acceptors (Lipinski definition) is 3. The van der Waals surface area contributed by atoms with Crippen LogP contribution < -0.4 is 0 Å². The topological polar surface area (TPSA) is 46.0 Å². The summed E-state index contributed by atoms with van der Waals surface area (Å²) < 4.78 is 0. The monoisotopic (exact) mass is 248 g/mol. The number of hydrogen-bond donors (Lipinski definition) is 1. The Hall–Kier alpha value is -2.68. The minimum absolute atomic E-state index is 0.205. The zero-order chi connectivity index (χ0) is 13.1. The third kappa shape index (κ3) is 2.45. The number of fused-ring (bicyclic) bond motifs is 1. The van der Waals surface area contributed by atoms with Crippen molar-refractivity contribution < 1.29 is 5.11 Å². The Bertz CT molecular complexity index is 736. The molecule has 92 valence electrons. The van der Waals surface area contributed by atoms with Crippen LogP contribution >= 0.6 is 0 Å². The molecule has 2 heterocycles. The number of benzene rings is 1. The van der Waals surface area contributed by atoms with Crippen molar-refractivity contribution in [2.75, 3.05) is 0 Å². The summed E-state index contributed by atoms with van der Waals surface area (Å²) in [4.78, 5) is 8.41. The molecular formula is C16H12N2O. The van der Waals surface area contributed by atoms with Crippen molar-refractivity contribution in [1.29, 1.82) is 0 Å². The molecule has 19 heavy (non-hydrogen) atoms. The van der Waals surface area contributed by atoms with Crippen LogP contribution in [0.2, 0.25) is 0 Å². The molecule has 0 bridgehead atoms. The molecule has 3 rings (SSSR count). The third-order valence-electron chi connectivity index (χ3n) is 2.87. The maximum absolute atomic E-state index is 9.79. The molecule has 1 N–H and O–H groups in total. The summed E-state index contributed by atoms with van der Waals surface area (Å²) >= 11 is 0. The summed E-state index contributed by atoms with van der Waals surface area (Å²) in [7, 11) is 0. The molecule has 0 aliphatic carbocycles. The van der Waals surface area contributed by atoms with Crippen LogP contribution in [0, 0.1) is 0 Å². The molecule has 0 spiro atoms. The molecule has 3 heteroatoms. The lowest BCUT2D eigenvalue weighted by molar-refractivity contribution is 0.480. The van der Waals surface area contributed by atoms with Gasteiger partial charge in [0.1, 0.15) is 11.3 Å². The molecule has 0 radical (unpaired) electrons. The van der Waals surface area contributed by atoms with E-state index in [2.05, 4.69) is 9.97 Å². The van der Waals surface area contributed by atoms with E-state index in [1.165, 1.54) is 0 Å². The fourth-order valence-electron chi connectivity index (χ4n) is 1.90. The van der Waals surface area contributed by atoms with Crippen LogP contribution in [0.25, 0.3) is 23.1 Å². The molecule has 3 nitrogen and oxygen atoms in total. The van der Waals surface area contributed by atoms with Crippen LogP contribution in [-0.2, 0) is 0 Å². The van der Waals surface area contributed by atoms with E-state index in [-0.39, 0.29) is 5.75 Å². The first-order chi connectivity index (χ1) is 9.33. The molecule has 0 saturated carbocycles. The zero-order valence-electron chi connectivity index (χ0n) is 10.2. The first-order valence-electron chi connectivity index (χ1n) is 6.00. The van der Waals surface area contributed by atoms with Gasteiger partial charge >= 0.3 is 0 Å². The second-order valence-corrected chi connectivity index (χ2v) is 4.20. The predicted octanol–water partition coefficient (Wildman–Crippen LogP) is 3.51. The molecular weight excluding hydrogens is 236 g/mol. The lowest BCUT2D eigenvalue weighted by atomic mass is 10.1. The quantitative estimate of drug-likeness (QED) is 0.755. The molecule has 0 saturated heterocycles. The van der Waals surface area contributed by atoms with Crippen molar-refractivity contribution in [2.24, 2.45) is 0 Å². The van der Waals surface area contributed by atoms with Crippen molar-refractivity contribution >= 4 is 23.1 Å². The van der Waals surface area contributed by atoms with Gasteiger partial charge in [0.25, 0.3) is 0 Å². The van der Waals surface area contributed by atoms with E-state index in [0.29, 0.717) is 5.52 Å². The van der Waals surface area contributed by atoms with Crippen LogP contribution in [0.1, 0.15) is 11.3 Å². The fraction of sp³-hybridized carbons (Fsp3) is 0. The largest absolute Gasteiger partial charge is 0.506 e. The van der Waals surface area contributed by atoms with Gasteiger partial charge in [-0.1, -0.05) is 24.3 Å². The second kappa shape index (κ2) is 4.90. The van der Waals surface area contributed by atoms with Crippen molar-refractivity contribution in [3.63, 3.8) is 0 Å². The van der Waals surface area contributed by atoms with Crippen LogP contribution in [0.5, 0.6) is 5.75 Å². The number of phenols is 1. The Balaban J connectivity index is 1.98. The van der Waals surface area contributed by atoms with Gasteiger partial charge in [-0.15, -0.1) is 0 Å². The minimum Gasteiger partial charge on any atom is -0.506 e. The summed E-state index contributed by atoms with van der Waals surface area (Å²) in [5, 5.41) is 10.7. The molecule has 0 unspecified atom stereocenters. The first kappa shape index (κ1) is 11.4. The van der Waals surface area contributed by atoms with Crippen LogP contribution in [0.3, 0.4) is 0 Å². The van der Waals surface area contributed by atoms with E-state index >= 15 is 0 Å². The average molecular weight is 248 g/mol. The molecule has 0 aliphatic rings. The smallest absolute Gasteiger partial charge is 0.141 e. The Labute approximate surface area is 110 Å². The standard InChI is InChI=1S/C16H12N2O/c19-15-3-1-2-13-5-7-14(18-16(13)15)6-4-12-8-10-17-11-9-12/h1-11,19H. The van der Waals surface area contributed by atoms with Gasteiger partial charge in [0, 0.05) is 17.8 Å². The van der Waals surface area contributed by atoms with Gasteiger partial charge in [0.2, 0.25) is 0 Å². The summed E-state index contributed by atoms with van der Waals surface area (Å²) in [5.74, 6) is 0.205.